The van der Waals surface area contributed by atoms with E-state index in [1.807, 2.05) is 67.1 Å². The standard InChI is InChI=1S/C82H106ClN23O15S/c1-52-53(2)122-82-71(52)72(56-16-18-57(83)19-17-56)93-61(73-99-98-54(3)106(73)82)47-70(111)90-58-20-14-55(15-21-58)13-10-35-117-37-39-119-41-43-121-44-42-120-40-38-118-36-25-67(108)85-27-12-33-100(4)32-11-26-84-66(107)22-28-89-79(114)75-96-64(50-104(75)8)94-68(109)23-29-88-78(113)63-46-60(49-103(63)7)92-81(116)76-97-65(51-105(76)9)95-69(110)24-30-87-77(112)62-45-59(48-102(62)6)91-80(115)74-86-31-34-101(74)5/h14-21,31,34,45-46,48-51,61H,10-13,22-30,32-33,35-44,47H2,1-9H3,(H,84,107)(H,85,108)(H,87,112)(H,88,113)(H,89,114)(H,90,111)(H,91,115)(H,92,116)(H,94,109)(H,95,110). The summed E-state index contributed by atoms with van der Waals surface area (Å²) >= 11 is 7.94. The Balaban J connectivity index is 0.476. The summed E-state index contributed by atoms with van der Waals surface area (Å²) in [6.07, 6.45) is 12.3. The molecule has 38 nitrogen and oxygen atoms in total. The molecule has 0 radical (unpaired) electrons. The van der Waals surface area contributed by atoms with Crippen molar-refractivity contribution >= 4 is 116 Å². The molecular formula is C82H106ClN23O15S. The molecule has 9 aromatic rings. The molecule has 0 spiro atoms. The minimum Gasteiger partial charge on any atom is -0.379 e. The molecule has 7 aromatic heterocycles. The molecule has 1 atom stereocenters. The van der Waals surface area contributed by atoms with Gasteiger partial charge in [0, 0.05) is 164 Å². The van der Waals surface area contributed by atoms with E-state index >= 15 is 0 Å². The second kappa shape index (κ2) is 46.1. The summed E-state index contributed by atoms with van der Waals surface area (Å²) in [4.78, 5) is 150. The van der Waals surface area contributed by atoms with Crippen LogP contribution in [0.1, 0.15) is 149 Å². The number of hydrogen-bond acceptors (Lipinski definition) is 23. The lowest BCUT2D eigenvalue weighted by atomic mass is 9.99. The first kappa shape index (κ1) is 92.2. The number of carbonyl (C=O) groups is 10. The zero-order valence-electron chi connectivity index (χ0n) is 69.9. The number of rotatable bonds is 49. The Kier molecular flexibility index (Phi) is 34.8. The molecule has 0 bridgehead atoms. The van der Waals surface area contributed by atoms with Gasteiger partial charge >= 0.3 is 0 Å². The minimum atomic E-state index is -0.639. The number of fused-ring (bicyclic) bond motifs is 3. The van der Waals surface area contributed by atoms with E-state index in [0.29, 0.717) is 108 Å². The van der Waals surface area contributed by atoms with Crippen molar-refractivity contribution in [1.29, 1.82) is 0 Å². The summed E-state index contributed by atoms with van der Waals surface area (Å²) in [5, 5.41) is 38.0. The number of aliphatic imine (C=N–C) groups is 1. The van der Waals surface area contributed by atoms with E-state index in [1.165, 1.54) is 60.1 Å². The number of carbonyl (C=O) groups excluding carboxylic acids is 10. The Bertz CT molecular complexity index is 5140. The van der Waals surface area contributed by atoms with E-state index in [-0.39, 0.29) is 122 Å². The Labute approximate surface area is 714 Å². The molecule has 0 aliphatic carbocycles. The van der Waals surface area contributed by atoms with Crippen molar-refractivity contribution < 1.29 is 71.6 Å². The monoisotopic (exact) mass is 1720 g/mol. The van der Waals surface area contributed by atoms with Crippen molar-refractivity contribution in [3.05, 3.63) is 171 Å². The van der Waals surface area contributed by atoms with Crippen molar-refractivity contribution in [2.45, 2.75) is 84.6 Å². The number of anilines is 5. The number of halogens is 1. The van der Waals surface area contributed by atoms with E-state index in [1.54, 1.807) is 63.5 Å². The van der Waals surface area contributed by atoms with E-state index in [0.717, 1.165) is 64.6 Å². The second-order valence-electron chi connectivity index (χ2n) is 28.9. The Morgan fingerprint density at radius 1 is 0.484 bits per heavy atom. The maximum absolute atomic E-state index is 13.6. The smallest absolute Gasteiger partial charge is 0.291 e. The molecule has 10 amide bonds. The molecule has 10 rings (SSSR count). The predicted octanol–water partition coefficient (Wildman–Crippen LogP) is 5.90. The summed E-state index contributed by atoms with van der Waals surface area (Å²) in [6.45, 7) is 12.6. The van der Waals surface area contributed by atoms with Crippen LogP contribution in [0, 0.1) is 20.8 Å². The maximum atomic E-state index is 13.6. The summed E-state index contributed by atoms with van der Waals surface area (Å²) in [5.41, 5.74) is 6.73. The number of thiophene rings is 1. The first-order valence-electron chi connectivity index (χ1n) is 40.0. The van der Waals surface area contributed by atoms with Crippen molar-refractivity contribution in [2.24, 2.45) is 40.2 Å². The van der Waals surface area contributed by atoms with Gasteiger partial charge in [0.05, 0.1) is 83.0 Å². The minimum absolute atomic E-state index is 0.00168. The fourth-order valence-electron chi connectivity index (χ4n) is 12.9. The summed E-state index contributed by atoms with van der Waals surface area (Å²) in [5.74, 6) is -2.48. The number of imidazole rings is 3. The largest absolute Gasteiger partial charge is 0.379 e. The first-order valence-corrected chi connectivity index (χ1v) is 41.2. The third-order valence-corrected chi connectivity index (χ3v) is 20.8. The van der Waals surface area contributed by atoms with Crippen LogP contribution in [0.3, 0.4) is 0 Å². The second-order valence-corrected chi connectivity index (χ2v) is 30.6. The van der Waals surface area contributed by atoms with Gasteiger partial charge in [-0.1, -0.05) is 35.9 Å². The van der Waals surface area contributed by atoms with Gasteiger partial charge in [-0.25, -0.2) is 15.0 Å². The van der Waals surface area contributed by atoms with Gasteiger partial charge in [-0.05, 0) is 114 Å². The van der Waals surface area contributed by atoms with Gasteiger partial charge in [0.25, 0.3) is 29.5 Å². The average Bonchev–Trinajstić information content (AvgIpc) is 1.59. The zero-order valence-corrected chi connectivity index (χ0v) is 71.5. The molecule has 1 aliphatic heterocycles. The third kappa shape index (κ3) is 27.5. The molecule has 8 heterocycles. The molecular weight excluding hydrogens is 1610 g/mol. The van der Waals surface area contributed by atoms with Crippen LogP contribution < -0.4 is 53.2 Å². The lowest BCUT2D eigenvalue weighted by Crippen LogP contribution is -2.33. The van der Waals surface area contributed by atoms with Crippen molar-refractivity contribution in [1.82, 2.24) is 84.0 Å². The van der Waals surface area contributed by atoms with Crippen molar-refractivity contribution in [2.75, 3.05) is 146 Å². The number of aromatic nitrogens is 11. The highest BCUT2D eigenvalue weighted by Crippen LogP contribution is 2.40. The number of nitrogens with zero attached hydrogens (tertiary/aromatic N) is 13. The van der Waals surface area contributed by atoms with Crippen LogP contribution in [0.4, 0.5) is 28.7 Å². The van der Waals surface area contributed by atoms with E-state index in [9.17, 15) is 47.9 Å². The van der Waals surface area contributed by atoms with E-state index in [2.05, 4.69) is 97.1 Å². The van der Waals surface area contributed by atoms with Crippen LogP contribution in [0.2, 0.25) is 5.02 Å². The van der Waals surface area contributed by atoms with Gasteiger partial charge in [-0.2, -0.15) is 0 Å². The van der Waals surface area contributed by atoms with Crippen LogP contribution in [0.5, 0.6) is 0 Å². The SMILES string of the molecule is Cc1sc2c(c1C)C(c1ccc(Cl)cc1)=NC(CC(=O)Nc1ccc(CCCOCCOCCOCCOCCOCCC(=O)NCCCN(C)CCCNC(=O)CCNC(=O)c3nc(NC(=O)CCNC(=O)c4cc(NC(=O)c5nc(NC(=O)CCNC(=O)c6cc(NC(=O)c7nccn7C)cn6C)cn5C)cn4C)cn3C)cc1)c1nnc(C)n1-2. The molecule has 0 fully saturated rings. The van der Waals surface area contributed by atoms with E-state index < -0.39 is 47.4 Å². The molecule has 0 saturated heterocycles. The molecule has 122 heavy (non-hydrogen) atoms. The number of amides is 10. The highest BCUT2D eigenvalue weighted by atomic mass is 35.5. The molecule has 1 aliphatic rings. The van der Waals surface area contributed by atoms with Gasteiger partial charge < -0.3 is 105 Å². The lowest BCUT2D eigenvalue weighted by molar-refractivity contribution is -0.122. The van der Waals surface area contributed by atoms with Crippen LogP contribution >= 0.6 is 22.9 Å². The first-order chi connectivity index (χ1) is 58.7. The van der Waals surface area contributed by atoms with Gasteiger partial charge in [-0.3, -0.25) is 57.5 Å². The number of nitrogens with one attached hydrogen (secondary N) is 10. The molecule has 652 valence electrons. The molecule has 40 heteroatoms. The Morgan fingerprint density at radius 2 is 0.984 bits per heavy atom. The van der Waals surface area contributed by atoms with Gasteiger partial charge in [0.15, 0.2) is 23.3 Å². The molecule has 1 unspecified atom stereocenters. The fourth-order valence-corrected chi connectivity index (χ4v) is 14.3. The number of ether oxygens (including phenoxy) is 5. The number of benzene rings is 2. The maximum Gasteiger partial charge on any atom is 0.291 e. The average molecular weight is 1720 g/mol. The molecule has 10 N–H and O–H groups in total. The van der Waals surface area contributed by atoms with Crippen LogP contribution in [-0.2, 0) is 89.3 Å². The quantitative estimate of drug-likeness (QED) is 0.0198. The molecule has 2 aromatic carbocycles. The van der Waals surface area contributed by atoms with Crippen molar-refractivity contribution in [3.8, 4) is 5.00 Å². The van der Waals surface area contributed by atoms with Crippen molar-refractivity contribution in [3.63, 3.8) is 0 Å². The van der Waals surface area contributed by atoms with Crippen LogP contribution in [0.15, 0.2) is 103 Å². The normalized spacial score (nSPS) is 12.3. The Morgan fingerprint density at radius 3 is 1.52 bits per heavy atom. The number of aryl methyl sites for hydroxylation is 8. The molecule has 0 saturated carbocycles. The van der Waals surface area contributed by atoms with Gasteiger partial charge in [-0.15, -0.1) is 21.5 Å². The third-order valence-electron chi connectivity index (χ3n) is 19.4. The lowest BCUT2D eigenvalue weighted by Gasteiger charge is -2.16. The summed E-state index contributed by atoms with van der Waals surface area (Å²) in [7, 11) is 10.0. The van der Waals surface area contributed by atoms with Crippen LogP contribution in [-0.4, -0.2) is 241 Å². The van der Waals surface area contributed by atoms with Gasteiger partial charge in [0.1, 0.15) is 28.3 Å². The zero-order chi connectivity index (χ0) is 87.2. The topological polar surface area (TPSA) is 447 Å². The fraction of sp³-hybridized carbons (Fsp3) is 0.439. The van der Waals surface area contributed by atoms with E-state index in [4.69, 9.17) is 40.3 Å². The Hall–Kier alpha value is -12.1. The van der Waals surface area contributed by atoms with Crippen LogP contribution in [0.25, 0.3) is 5.00 Å². The van der Waals surface area contributed by atoms with Gasteiger partial charge in [0.2, 0.25) is 41.2 Å². The summed E-state index contributed by atoms with van der Waals surface area (Å²) in [6, 6.07) is 17.8. The summed E-state index contributed by atoms with van der Waals surface area (Å²) < 4.78 is 37.6. The predicted molar refractivity (Wildman–Crippen MR) is 457 cm³/mol. The number of hydrogen-bond donors (Lipinski definition) is 10. The highest BCUT2D eigenvalue weighted by Gasteiger charge is 2.33. The highest BCUT2D eigenvalue weighted by molar-refractivity contribution is 7.15.